The molecule has 0 bridgehead atoms. The second-order valence-corrected chi connectivity index (χ2v) is 6.63. The van der Waals surface area contributed by atoms with E-state index < -0.39 is 0 Å². The first-order valence-corrected chi connectivity index (χ1v) is 8.91. The minimum atomic E-state index is -0.365. The van der Waals surface area contributed by atoms with E-state index in [1.54, 1.807) is 33.7 Å². The van der Waals surface area contributed by atoms with Gasteiger partial charge in [-0.25, -0.2) is 13.9 Å². The number of halogens is 2. The maximum Gasteiger partial charge on any atom is 0.246 e. The van der Waals surface area contributed by atoms with Crippen molar-refractivity contribution in [3.8, 4) is 11.3 Å². The van der Waals surface area contributed by atoms with E-state index in [1.165, 1.54) is 18.5 Å². The molecule has 1 aliphatic rings. The first-order chi connectivity index (χ1) is 13.1. The van der Waals surface area contributed by atoms with Crippen LogP contribution in [0.5, 0.6) is 0 Å². The Labute approximate surface area is 160 Å². The van der Waals surface area contributed by atoms with E-state index in [2.05, 4.69) is 21.6 Å². The number of amides is 1. The number of carbonyl (C=O) groups excluding carboxylic acids is 1. The Bertz CT molecular complexity index is 1030. The van der Waals surface area contributed by atoms with Gasteiger partial charge in [0.2, 0.25) is 5.91 Å². The summed E-state index contributed by atoms with van der Waals surface area (Å²) in [5.74, 6) is 0.270. The number of nitrogens with zero attached hydrogens (tertiary/aromatic N) is 5. The molecule has 27 heavy (non-hydrogen) atoms. The zero-order valence-corrected chi connectivity index (χ0v) is 15.2. The molecule has 1 aromatic carbocycles. The molecule has 3 aromatic rings. The normalized spacial score (nSPS) is 14.6. The Morgan fingerprint density at radius 1 is 1.22 bits per heavy atom. The van der Waals surface area contributed by atoms with Gasteiger partial charge in [0, 0.05) is 31.7 Å². The van der Waals surface area contributed by atoms with Gasteiger partial charge in [0.05, 0.1) is 10.7 Å². The van der Waals surface area contributed by atoms with Gasteiger partial charge in [-0.1, -0.05) is 30.3 Å². The molecule has 1 aliphatic heterocycles. The summed E-state index contributed by atoms with van der Waals surface area (Å²) in [5, 5.41) is 4.69. The number of hydrogen-bond acceptors (Lipinski definition) is 4. The minimum absolute atomic E-state index is 0.0740. The Morgan fingerprint density at radius 2 is 1.96 bits per heavy atom. The smallest absolute Gasteiger partial charge is 0.246 e. The fraction of sp³-hybridized carbons (Fsp3) is 0.211. The third-order valence-corrected chi connectivity index (χ3v) is 4.99. The summed E-state index contributed by atoms with van der Waals surface area (Å²) in [7, 11) is 0. The molecule has 0 aliphatic carbocycles. The van der Waals surface area contributed by atoms with Crippen LogP contribution in [-0.2, 0) is 4.79 Å². The van der Waals surface area contributed by atoms with E-state index in [1.807, 2.05) is 0 Å². The number of rotatable bonds is 3. The number of aromatic nitrogens is 3. The predicted octanol–water partition coefficient (Wildman–Crippen LogP) is 3.02. The highest BCUT2D eigenvalue weighted by Gasteiger charge is 2.24. The lowest BCUT2D eigenvalue weighted by Gasteiger charge is -2.35. The molecule has 1 fully saturated rings. The zero-order chi connectivity index (χ0) is 19.0. The lowest BCUT2D eigenvalue weighted by Crippen LogP contribution is -2.48. The summed E-state index contributed by atoms with van der Waals surface area (Å²) in [6.45, 7) is 5.94. The van der Waals surface area contributed by atoms with Crippen molar-refractivity contribution in [3.63, 3.8) is 0 Å². The number of piperazine rings is 1. The molecule has 1 saturated heterocycles. The van der Waals surface area contributed by atoms with E-state index in [0.717, 1.165) is 0 Å². The van der Waals surface area contributed by atoms with Gasteiger partial charge in [-0.05, 0) is 24.3 Å². The number of benzene rings is 1. The van der Waals surface area contributed by atoms with Crippen molar-refractivity contribution >= 4 is 28.8 Å². The third kappa shape index (κ3) is 3.04. The Balaban J connectivity index is 1.73. The molecule has 3 heterocycles. The van der Waals surface area contributed by atoms with Crippen LogP contribution in [0.1, 0.15) is 0 Å². The van der Waals surface area contributed by atoms with E-state index >= 15 is 0 Å². The van der Waals surface area contributed by atoms with Crippen LogP contribution < -0.4 is 4.90 Å². The molecule has 2 aromatic heterocycles. The molecular formula is C19H17ClFN5O. The van der Waals surface area contributed by atoms with E-state index in [9.17, 15) is 9.18 Å². The Morgan fingerprint density at radius 3 is 2.67 bits per heavy atom. The Hall–Kier alpha value is -2.93. The summed E-state index contributed by atoms with van der Waals surface area (Å²) in [6.07, 6.45) is 2.76. The maximum atomic E-state index is 14.3. The van der Waals surface area contributed by atoms with Gasteiger partial charge in [-0.3, -0.25) is 4.79 Å². The summed E-state index contributed by atoms with van der Waals surface area (Å²) in [6, 6.07) is 8.20. The van der Waals surface area contributed by atoms with Crippen molar-refractivity contribution in [2.75, 3.05) is 31.1 Å². The largest absolute Gasteiger partial charge is 0.351 e. The highest BCUT2D eigenvalue weighted by Crippen LogP contribution is 2.35. The van der Waals surface area contributed by atoms with Crippen molar-refractivity contribution in [3.05, 3.63) is 60.2 Å². The van der Waals surface area contributed by atoms with Crippen LogP contribution in [-0.4, -0.2) is 51.6 Å². The second kappa shape index (κ2) is 7.00. The minimum Gasteiger partial charge on any atom is -0.351 e. The zero-order valence-electron chi connectivity index (χ0n) is 14.5. The van der Waals surface area contributed by atoms with Gasteiger partial charge in [0.15, 0.2) is 5.82 Å². The molecular weight excluding hydrogens is 369 g/mol. The van der Waals surface area contributed by atoms with Crippen LogP contribution in [0.4, 0.5) is 10.2 Å². The molecule has 8 heteroatoms. The van der Waals surface area contributed by atoms with Crippen LogP contribution >= 0.6 is 11.6 Å². The summed E-state index contributed by atoms with van der Waals surface area (Å²) >= 11 is 6.43. The quantitative estimate of drug-likeness (QED) is 0.650. The fourth-order valence-electron chi connectivity index (χ4n) is 3.36. The van der Waals surface area contributed by atoms with Crippen molar-refractivity contribution < 1.29 is 9.18 Å². The molecule has 0 spiro atoms. The van der Waals surface area contributed by atoms with E-state index in [-0.39, 0.29) is 11.7 Å². The topological polar surface area (TPSA) is 53.7 Å². The molecule has 0 saturated carbocycles. The SMILES string of the molecule is C=CC(=O)N1CCN(c2ncnn3c(-c4ccccc4F)c(Cl)cc23)CC1. The van der Waals surface area contributed by atoms with Gasteiger partial charge in [0.1, 0.15) is 17.7 Å². The van der Waals surface area contributed by atoms with Crippen molar-refractivity contribution in [1.29, 1.82) is 0 Å². The number of hydrogen-bond donors (Lipinski definition) is 0. The highest BCUT2D eigenvalue weighted by atomic mass is 35.5. The summed E-state index contributed by atoms with van der Waals surface area (Å²) in [4.78, 5) is 20.0. The van der Waals surface area contributed by atoms with Crippen molar-refractivity contribution in [2.45, 2.75) is 0 Å². The lowest BCUT2D eigenvalue weighted by molar-refractivity contribution is -0.126. The number of fused-ring (bicyclic) bond motifs is 1. The van der Waals surface area contributed by atoms with Gasteiger partial charge in [-0.15, -0.1) is 0 Å². The molecule has 138 valence electrons. The molecule has 4 rings (SSSR count). The van der Waals surface area contributed by atoms with Crippen LogP contribution in [0.25, 0.3) is 16.8 Å². The van der Waals surface area contributed by atoms with Crippen molar-refractivity contribution in [1.82, 2.24) is 19.5 Å². The fourth-order valence-corrected chi connectivity index (χ4v) is 3.64. The van der Waals surface area contributed by atoms with Crippen LogP contribution in [0.2, 0.25) is 5.02 Å². The van der Waals surface area contributed by atoms with E-state index in [0.29, 0.717) is 53.8 Å². The molecule has 1 amide bonds. The van der Waals surface area contributed by atoms with Gasteiger partial charge in [-0.2, -0.15) is 5.10 Å². The van der Waals surface area contributed by atoms with Gasteiger partial charge >= 0.3 is 0 Å². The van der Waals surface area contributed by atoms with Crippen LogP contribution in [0.15, 0.2) is 49.3 Å². The second-order valence-electron chi connectivity index (χ2n) is 6.22. The molecule has 0 radical (unpaired) electrons. The molecule has 0 N–H and O–H groups in total. The average molecular weight is 386 g/mol. The first-order valence-electron chi connectivity index (χ1n) is 8.53. The number of anilines is 1. The van der Waals surface area contributed by atoms with Gasteiger partial charge in [0.25, 0.3) is 0 Å². The maximum absolute atomic E-state index is 14.3. The molecule has 0 atom stereocenters. The highest BCUT2D eigenvalue weighted by molar-refractivity contribution is 6.33. The summed E-state index contributed by atoms with van der Waals surface area (Å²) < 4.78 is 15.9. The predicted molar refractivity (Wildman–Crippen MR) is 102 cm³/mol. The first kappa shape index (κ1) is 17.5. The van der Waals surface area contributed by atoms with Gasteiger partial charge < -0.3 is 9.80 Å². The van der Waals surface area contributed by atoms with E-state index in [4.69, 9.17) is 11.6 Å². The lowest BCUT2D eigenvalue weighted by atomic mass is 10.1. The standard InChI is InChI=1S/C19H17ClFN5O/c1-2-17(27)24-7-9-25(10-8-24)19-16-11-14(20)18(26(16)23-12-22-19)13-5-3-4-6-15(13)21/h2-6,11-12H,1,7-10H2. The van der Waals surface area contributed by atoms with Crippen molar-refractivity contribution in [2.24, 2.45) is 0 Å². The average Bonchev–Trinajstić information content (AvgIpc) is 3.03. The molecule has 0 unspecified atom stereocenters. The van der Waals surface area contributed by atoms with Crippen LogP contribution in [0, 0.1) is 5.82 Å². The van der Waals surface area contributed by atoms with Crippen LogP contribution in [0.3, 0.4) is 0 Å². The summed E-state index contributed by atoms with van der Waals surface area (Å²) in [5.41, 5.74) is 1.58. The molecule has 6 nitrogen and oxygen atoms in total. The number of carbonyl (C=O) groups is 1. The third-order valence-electron chi connectivity index (χ3n) is 4.70. The Kier molecular flexibility index (Phi) is 4.53. The monoisotopic (exact) mass is 385 g/mol.